The Morgan fingerprint density at radius 3 is 2.11 bits per heavy atom. The minimum absolute atomic E-state index is 0.0980. The van der Waals surface area contributed by atoms with Crippen molar-refractivity contribution >= 4 is 78.9 Å². The molecule has 0 aromatic heterocycles. The van der Waals surface area contributed by atoms with Gasteiger partial charge in [-0.15, -0.1) is 0 Å². The minimum atomic E-state index is -4.27. The molecule has 3 aromatic carbocycles. The quantitative estimate of drug-likeness (QED) is 0.247. The summed E-state index contributed by atoms with van der Waals surface area (Å²) >= 11 is 15.0. The van der Waals surface area contributed by atoms with Crippen LogP contribution in [0.25, 0.3) is 6.08 Å². The molecule has 0 unspecified atom stereocenters. The number of nitrogens with zero attached hydrogens (tertiary/aromatic N) is 1. The molecule has 1 heterocycles. The third-order valence-corrected chi connectivity index (χ3v) is 7.01. The second-order valence-corrected chi connectivity index (χ2v) is 10.4. The van der Waals surface area contributed by atoms with Crippen LogP contribution in [0.2, 0.25) is 10.0 Å². The maximum absolute atomic E-state index is 13.1. The number of nitrogens with one attached hydrogen (secondary N) is 1. The van der Waals surface area contributed by atoms with Crippen molar-refractivity contribution in [3.05, 3.63) is 92.4 Å². The smallest absolute Gasteiger partial charge is 0.339 e. The maximum atomic E-state index is 13.1. The largest absolute Gasteiger partial charge is 0.378 e. The van der Waals surface area contributed by atoms with E-state index in [2.05, 4.69) is 21.2 Å². The highest BCUT2D eigenvalue weighted by atomic mass is 79.9. The summed E-state index contributed by atoms with van der Waals surface area (Å²) in [5.41, 5.74) is -0.126. The van der Waals surface area contributed by atoms with E-state index in [4.69, 9.17) is 27.4 Å². The number of carbonyl (C=O) groups is 3. The number of benzene rings is 3. The first-order valence-corrected chi connectivity index (χ1v) is 12.7. The van der Waals surface area contributed by atoms with Crippen molar-refractivity contribution < 1.29 is 27.0 Å². The van der Waals surface area contributed by atoms with Crippen molar-refractivity contribution in [1.29, 1.82) is 0 Å². The molecule has 0 bridgehead atoms. The monoisotopic (exact) mass is 594 g/mol. The Bertz CT molecular complexity index is 1490. The molecule has 178 valence electrons. The Hall–Kier alpha value is -3.18. The fourth-order valence-electron chi connectivity index (χ4n) is 3.11. The Labute approximate surface area is 218 Å². The number of imide groups is 2. The SMILES string of the molecule is O=C1NC(=O)N(c2ccc(Cl)cc2)C(=O)/C1=C/c1cc(Br)ccc1OS(=O)(=O)c1ccc(Cl)cc1. The number of hydrogen-bond acceptors (Lipinski definition) is 6. The zero-order valence-electron chi connectivity index (χ0n) is 17.4. The van der Waals surface area contributed by atoms with E-state index < -0.39 is 33.5 Å². The van der Waals surface area contributed by atoms with Gasteiger partial charge in [-0.25, -0.2) is 9.69 Å². The topological polar surface area (TPSA) is 110 Å². The van der Waals surface area contributed by atoms with E-state index in [1.165, 1.54) is 66.7 Å². The summed E-state index contributed by atoms with van der Waals surface area (Å²) < 4.78 is 31.4. The summed E-state index contributed by atoms with van der Waals surface area (Å²) in [7, 11) is -4.27. The standard InChI is InChI=1S/C23H13BrCl2N2O6S/c24-14-1-10-20(34-35(32,33)18-8-4-16(26)5-9-18)13(11-14)12-19-21(29)27-23(31)28(22(19)30)17-6-2-15(25)3-7-17/h1-12H,(H,27,29,31)/b19-12+. The van der Waals surface area contributed by atoms with Gasteiger partial charge in [0.05, 0.1) is 5.69 Å². The third kappa shape index (κ3) is 5.40. The van der Waals surface area contributed by atoms with Crippen LogP contribution in [0.5, 0.6) is 5.75 Å². The number of amides is 4. The van der Waals surface area contributed by atoms with Gasteiger partial charge >= 0.3 is 16.1 Å². The van der Waals surface area contributed by atoms with Gasteiger partial charge in [-0.1, -0.05) is 39.1 Å². The molecule has 0 radical (unpaired) electrons. The van der Waals surface area contributed by atoms with Crippen molar-refractivity contribution in [1.82, 2.24) is 5.32 Å². The van der Waals surface area contributed by atoms with E-state index >= 15 is 0 Å². The fraction of sp³-hybridized carbons (Fsp3) is 0. The van der Waals surface area contributed by atoms with E-state index in [-0.39, 0.29) is 21.9 Å². The van der Waals surface area contributed by atoms with E-state index in [1.54, 1.807) is 0 Å². The molecule has 0 atom stereocenters. The van der Waals surface area contributed by atoms with Gasteiger partial charge in [-0.05, 0) is 72.8 Å². The van der Waals surface area contributed by atoms with E-state index in [0.717, 1.165) is 11.0 Å². The second kappa shape index (κ2) is 9.82. The van der Waals surface area contributed by atoms with E-state index in [9.17, 15) is 22.8 Å². The maximum Gasteiger partial charge on any atom is 0.339 e. The third-order valence-electron chi connectivity index (χ3n) is 4.76. The van der Waals surface area contributed by atoms with Gasteiger partial charge in [0.25, 0.3) is 11.8 Å². The zero-order valence-corrected chi connectivity index (χ0v) is 21.3. The van der Waals surface area contributed by atoms with Crippen molar-refractivity contribution in [2.75, 3.05) is 4.90 Å². The van der Waals surface area contributed by atoms with Gasteiger partial charge in [0.1, 0.15) is 16.2 Å². The van der Waals surface area contributed by atoms with Crippen molar-refractivity contribution in [2.45, 2.75) is 4.90 Å². The summed E-state index contributed by atoms with van der Waals surface area (Å²) in [4.78, 5) is 38.7. The molecule has 0 aliphatic carbocycles. The average Bonchev–Trinajstić information content (AvgIpc) is 2.79. The number of carbonyl (C=O) groups excluding carboxylic acids is 3. The average molecular weight is 596 g/mol. The van der Waals surface area contributed by atoms with Crippen LogP contribution in [0.3, 0.4) is 0 Å². The first-order valence-electron chi connectivity index (χ1n) is 9.72. The molecule has 3 aromatic rings. The second-order valence-electron chi connectivity index (χ2n) is 7.11. The Balaban J connectivity index is 1.74. The van der Waals surface area contributed by atoms with Crippen LogP contribution in [-0.4, -0.2) is 26.3 Å². The first-order chi connectivity index (χ1) is 16.5. The molecular formula is C23H13BrCl2N2O6S. The first kappa shape index (κ1) is 24.9. The molecule has 1 aliphatic heterocycles. The molecule has 1 fully saturated rings. The van der Waals surface area contributed by atoms with Crippen LogP contribution in [-0.2, 0) is 19.7 Å². The number of anilines is 1. The van der Waals surface area contributed by atoms with Gasteiger partial charge in [-0.3, -0.25) is 14.9 Å². The summed E-state index contributed by atoms with van der Waals surface area (Å²) in [6.45, 7) is 0. The zero-order chi connectivity index (χ0) is 25.3. The normalized spacial score (nSPS) is 15.3. The van der Waals surface area contributed by atoms with Gasteiger partial charge in [-0.2, -0.15) is 8.42 Å². The molecule has 4 amide bonds. The molecule has 1 aliphatic rings. The number of barbiturate groups is 1. The van der Waals surface area contributed by atoms with Crippen molar-refractivity contribution in [3.8, 4) is 5.75 Å². The highest BCUT2D eigenvalue weighted by Gasteiger charge is 2.37. The molecule has 35 heavy (non-hydrogen) atoms. The van der Waals surface area contributed by atoms with Crippen LogP contribution in [0.4, 0.5) is 10.5 Å². The highest BCUT2D eigenvalue weighted by Crippen LogP contribution is 2.30. The van der Waals surface area contributed by atoms with Gasteiger partial charge in [0.2, 0.25) is 0 Å². The summed E-state index contributed by atoms with van der Waals surface area (Å²) in [5, 5.41) is 2.84. The minimum Gasteiger partial charge on any atom is -0.378 e. The molecule has 0 saturated carbocycles. The lowest BCUT2D eigenvalue weighted by Gasteiger charge is -2.26. The van der Waals surface area contributed by atoms with Gasteiger partial charge < -0.3 is 4.18 Å². The Morgan fingerprint density at radius 1 is 0.886 bits per heavy atom. The van der Waals surface area contributed by atoms with Crippen molar-refractivity contribution in [3.63, 3.8) is 0 Å². The summed E-state index contributed by atoms with van der Waals surface area (Å²) in [6.07, 6.45) is 1.14. The lowest BCUT2D eigenvalue weighted by molar-refractivity contribution is -0.122. The van der Waals surface area contributed by atoms with Crippen LogP contribution >= 0.6 is 39.1 Å². The number of hydrogen-bond donors (Lipinski definition) is 1. The number of halogens is 3. The molecule has 12 heteroatoms. The summed E-state index contributed by atoms with van der Waals surface area (Å²) in [5.74, 6) is -2.00. The number of rotatable bonds is 5. The van der Waals surface area contributed by atoms with E-state index in [0.29, 0.717) is 14.5 Å². The van der Waals surface area contributed by atoms with Gasteiger partial charge in [0, 0.05) is 20.1 Å². The van der Waals surface area contributed by atoms with E-state index in [1.807, 2.05) is 0 Å². The molecule has 0 spiro atoms. The molecule has 8 nitrogen and oxygen atoms in total. The highest BCUT2D eigenvalue weighted by molar-refractivity contribution is 9.10. The van der Waals surface area contributed by atoms with Crippen LogP contribution < -0.4 is 14.4 Å². The molecule has 1 N–H and O–H groups in total. The lowest BCUT2D eigenvalue weighted by atomic mass is 10.1. The Kier molecular flexibility index (Phi) is 7.00. The predicted octanol–water partition coefficient (Wildman–Crippen LogP) is 5.19. The number of urea groups is 1. The molecule has 4 rings (SSSR count). The lowest BCUT2D eigenvalue weighted by Crippen LogP contribution is -2.54. The molecular weight excluding hydrogens is 583 g/mol. The molecule has 1 saturated heterocycles. The van der Waals surface area contributed by atoms with Gasteiger partial charge in [0.15, 0.2) is 0 Å². The van der Waals surface area contributed by atoms with Crippen LogP contribution in [0, 0.1) is 0 Å². The summed E-state index contributed by atoms with van der Waals surface area (Å²) in [6, 6.07) is 14.6. The van der Waals surface area contributed by atoms with Crippen LogP contribution in [0.15, 0.2) is 81.7 Å². The fourth-order valence-corrected chi connectivity index (χ4v) is 4.70. The predicted molar refractivity (Wildman–Crippen MR) is 134 cm³/mol. The van der Waals surface area contributed by atoms with Crippen LogP contribution in [0.1, 0.15) is 5.56 Å². The van der Waals surface area contributed by atoms with Crippen molar-refractivity contribution in [2.24, 2.45) is 0 Å². The Morgan fingerprint density at radius 2 is 1.49 bits per heavy atom.